The zero-order valence-corrected chi connectivity index (χ0v) is 8.80. The van der Waals surface area contributed by atoms with Crippen molar-refractivity contribution in [1.82, 2.24) is 0 Å². The Morgan fingerprint density at radius 2 is 2.30 bits per heavy atom. The SMILES string of the molecule is C=CC(C)OCCCO[SiH3]. The van der Waals surface area contributed by atoms with Crippen molar-refractivity contribution >= 4 is 10.5 Å². The Kier molecular flexibility index (Phi) is 6.90. The van der Waals surface area contributed by atoms with Crippen LogP contribution in [0.1, 0.15) is 13.3 Å². The van der Waals surface area contributed by atoms with E-state index in [4.69, 9.17) is 9.16 Å². The van der Waals surface area contributed by atoms with Crippen LogP contribution < -0.4 is 0 Å². The highest BCUT2D eigenvalue weighted by atomic mass is 28.2. The second-order valence-electron chi connectivity index (χ2n) is 2.16. The molecule has 0 aromatic rings. The predicted octanol–water partition coefficient (Wildman–Crippen LogP) is 0.265. The van der Waals surface area contributed by atoms with Crippen molar-refractivity contribution in [1.29, 1.82) is 0 Å². The molecule has 0 aliphatic heterocycles. The third-order valence-electron chi connectivity index (χ3n) is 1.21. The molecule has 0 aliphatic carbocycles. The highest BCUT2D eigenvalue weighted by molar-refractivity contribution is 5.97. The summed E-state index contributed by atoms with van der Waals surface area (Å²) in [6.45, 7) is 7.19. The smallest absolute Gasteiger partial charge is 0.145 e. The van der Waals surface area contributed by atoms with Crippen molar-refractivity contribution in [2.45, 2.75) is 19.4 Å². The van der Waals surface area contributed by atoms with Crippen LogP contribution in [-0.4, -0.2) is 29.8 Å². The zero-order chi connectivity index (χ0) is 7.82. The minimum atomic E-state index is 0.175. The quantitative estimate of drug-likeness (QED) is 0.315. The summed E-state index contributed by atoms with van der Waals surface area (Å²) in [4.78, 5) is 0. The van der Waals surface area contributed by atoms with Gasteiger partial charge >= 0.3 is 0 Å². The largest absolute Gasteiger partial charge is 0.428 e. The van der Waals surface area contributed by atoms with E-state index in [2.05, 4.69) is 6.58 Å². The van der Waals surface area contributed by atoms with Gasteiger partial charge in [-0.25, -0.2) is 0 Å². The van der Waals surface area contributed by atoms with Crippen LogP contribution in [0.4, 0.5) is 0 Å². The first-order valence-electron chi connectivity index (χ1n) is 3.54. The highest BCUT2D eigenvalue weighted by Gasteiger charge is 1.93. The molecule has 0 aliphatic rings. The van der Waals surface area contributed by atoms with E-state index in [0.717, 1.165) is 30.1 Å². The first-order valence-corrected chi connectivity index (χ1v) is 4.36. The molecule has 0 radical (unpaired) electrons. The fourth-order valence-electron chi connectivity index (χ4n) is 0.541. The van der Waals surface area contributed by atoms with Gasteiger partial charge in [-0.3, -0.25) is 0 Å². The van der Waals surface area contributed by atoms with Gasteiger partial charge in [0.1, 0.15) is 10.5 Å². The molecule has 0 bridgehead atoms. The van der Waals surface area contributed by atoms with Gasteiger partial charge in [0, 0.05) is 13.2 Å². The first kappa shape index (κ1) is 9.88. The van der Waals surface area contributed by atoms with Gasteiger partial charge in [0.2, 0.25) is 0 Å². The van der Waals surface area contributed by atoms with Gasteiger partial charge < -0.3 is 9.16 Å². The van der Waals surface area contributed by atoms with Gasteiger partial charge in [-0.15, -0.1) is 6.58 Å². The van der Waals surface area contributed by atoms with Crippen molar-refractivity contribution in [2.24, 2.45) is 0 Å². The van der Waals surface area contributed by atoms with E-state index in [1.165, 1.54) is 0 Å². The Morgan fingerprint density at radius 1 is 1.60 bits per heavy atom. The Balaban J connectivity index is 2.95. The summed E-state index contributed by atoms with van der Waals surface area (Å²) in [6.07, 6.45) is 2.96. The summed E-state index contributed by atoms with van der Waals surface area (Å²) in [5.74, 6) is 0. The Labute approximate surface area is 65.8 Å². The van der Waals surface area contributed by atoms with Gasteiger partial charge in [0.05, 0.1) is 6.10 Å². The van der Waals surface area contributed by atoms with Crippen molar-refractivity contribution in [2.75, 3.05) is 13.2 Å². The maximum absolute atomic E-state index is 5.31. The van der Waals surface area contributed by atoms with Crippen LogP contribution in [0.3, 0.4) is 0 Å². The molecule has 0 aromatic carbocycles. The number of hydrogen-bond donors (Lipinski definition) is 0. The molecule has 1 atom stereocenters. The van der Waals surface area contributed by atoms with Crippen LogP contribution in [0.25, 0.3) is 0 Å². The van der Waals surface area contributed by atoms with E-state index >= 15 is 0 Å². The molecule has 0 saturated carbocycles. The third kappa shape index (κ3) is 6.00. The first-order chi connectivity index (χ1) is 4.81. The molecular weight excluding hydrogens is 144 g/mol. The van der Waals surface area contributed by atoms with Gasteiger partial charge in [0.25, 0.3) is 0 Å². The molecule has 0 spiro atoms. The molecular formula is C7H16O2Si. The lowest BCUT2D eigenvalue weighted by atomic mass is 10.4. The minimum absolute atomic E-state index is 0.175. The molecule has 10 heavy (non-hydrogen) atoms. The molecule has 60 valence electrons. The van der Waals surface area contributed by atoms with Gasteiger partial charge in [-0.1, -0.05) is 6.08 Å². The summed E-state index contributed by atoms with van der Waals surface area (Å²) in [5.41, 5.74) is 0. The summed E-state index contributed by atoms with van der Waals surface area (Å²) in [5, 5.41) is 0. The second kappa shape index (κ2) is 6.99. The Hall–Kier alpha value is -0.123. The van der Waals surface area contributed by atoms with E-state index in [1.807, 2.05) is 6.92 Å². The van der Waals surface area contributed by atoms with Crippen LogP contribution in [-0.2, 0) is 9.16 Å². The maximum Gasteiger partial charge on any atom is 0.145 e. The molecule has 0 N–H and O–H groups in total. The third-order valence-corrected chi connectivity index (χ3v) is 1.61. The van der Waals surface area contributed by atoms with Crippen molar-refractivity contribution in [3.05, 3.63) is 12.7 Å². The van der Waals surface area contributed by atoms with Crippen LogP contribution in [0.5, 0.6) is 0 Å². The van der Waals surface area contributed by atoms with Crippen molar-refractivity contribution in [3.8, 4) is 0 Å². The van der Waals surface area contributed by atoms with E-state index in [9.17, 15) is 0 Å². The van der Waals surface area contributed by atoms with E-state index in [-0.39, 0.29) is 6.10 Å². The fraction of sp³-hybridized carbons (Fsp3) is 0.714. The molecule has 0 heterocycles. The summed E-state index contributed by atoms with van der Waals surface area (Å²) < 4.78 is 10.3. The van der Waals surface area contributed by atoms with E-state index in [0.29, 0.717) is 0 Å². The lowest BCUT2D eigenvalue weighted by Gasteiger charge is -2.06. The predicted molar refractivity (Wildman–Crippen MR) is 46.1 cm³/mol. The van der Waals surface area contributed by atoms with Crippen molar-refractivity contribution in [3.63, 3.8) is 0 Å². The van der Waals surface area contributed by atoms with E-state index < -0.39 is 0 Å². The molecule has 0 saturated heterocycles. The zero-order valence-electron chi connectivity index (χ0n) is 6.80. The summed E-state index contributed by atoms with van der Waals surface area (Å²) >= 11 is 0. The summed E-state index contributed by atoms with van der Waals surface area (Å²) in [7, 11) is 0.827. The Morgan fingerprint density at radius 3 is 2.80 bits per heavy atom. The van der Waals surface area contributed by atoms with E-state index in [1.54, 1.807) is 6.08 Å². The Bertz CT molecular complexity index is 85.7. The molecule has 0 amide bonds. The highest BCUT2D eigenvalue weighted by Crippen LogP contribution is 1.92. The molecule has 1 unspecified atom stereocenters. The van der Waals surface area contributed by atoms with Crippen LogP contribution >= 0.6 is 0 Å². The number of hydrogen-bond acceptors (Lipinski definition) is 2. The molecule has 0 fully saturated rings. The average Bonchev–Trinajstić information content (AvgIpc) is 1.98. The second-order valence-corrected chi connectivity index (χ2v) is 2.74. The number of ether oxygens (including phenoxy) is 1. The lowest BCUT2D eigenvalue weighted by Crippen LogP contribution is -2.06. The van der Waals surface area contributed by atoms with Crippen LogP contribution in [0, 0.1) is 0 Å². The van der Waals surface area contributed by atoms with Gasteiger partial charge in [-0.2, -0.15) is 0 Å². The standard InChI is InChI=1S/C7H16O2Si/c1-3-7(2)8-5-4-6-9-10/h3,7H,1,4-6H2,2,10H3. The molecule has 0 rings (SSSR count). The maximum atomic E-state index is 5.31. The molecule has 0 aromatic heterocycles. The molecule has 3 heteroatoms. The van der Waals surface area contributed by atoms with Crippen molar-refractivity contribution < 1.29 is 9.16 Å². The molecule has 2 nitrogen and oxygen atoms in total. The monoisotopic (exact) mass is 160 g/mol. The minimum Gasteiger partial charge on any atom is -0.428 e. The lowest BCUT2D eigenvalue weighted by molar-refractivity contribution is 0.0875. The van der Waals surface area contributed by atoms with Gasteiger partial charge in [0.15, 0.2) is 0 Å². The fourth-order valence-corrected chi connectivity index (χ4v) is 0.829. The van der Waals surface area contributed by atoms with Gasteiger partial charge in [-0.05, 0) is 13.3 Å². The number of rotatable bonds is 6. The summed E-state index contributed by atoms with van der Waals surface area (Å²) in [6, 6.07) is 0. The topological polar surface area (TPSA) is 18.5 Å². The van der Waals surface area contributed by atoms with Crippen LogP contribution in [0.2, 0.25) is 0 Å². The average molecular weight is 160 g/mol. The normalized spacial score (nSPS) is 13.3. The van der Waals surface area contributed by atoms with Crippen LogP contribution in [0.15, 0.2) is 12.7 Å².